The second-order valence-corrected chi connectivity index (χ2v) is 7.41. The second kappa shape index (κ2) is 7.12. The molecule has 2 aromatic rings. The summed E-state index contributed by atoms with van der Waals surface area (Å²) in [5.74, 6) is -0.214. The third-order valence-corrected chi connectivity index (χ3v) is 5.68. The topological polar surface area (TPSA) is 49.4 Å². The van der Waals surface area contributed by atoms with Crippen molar-refractivity contribution < 1.29 is 9.59 Å². The van der Waals surface area contributed by atoms with E-state index >= 15 is 0 Å². The summed E-state index contributed by atoms with van der Waals surface area (Å²) >= 11 is 6.29. The zero-order valence-corrected chi connectivity index (χ0v) is 15.2. The van der Waals surface area contributed by atoms with Gasteiger partial charge in [-0.1, -0.05) is 60.8 Å². The van der Waals surface area contributed by atoms with E-state index in [1.807, 2.05) is 36.4 Å². The van der Waals surface area contributed by atoms with Crippen LogP contribution in [-0.4, -0.2) is 22.8 Å². The highest BCUT2D eigenvalue weighted by Gasteiger charge is 2.41. The van der Waals surface area contributed by atoms with Crippen LogP contribution in [0, 0.1) is 0 Å². The number of hydrogen-bond donors (Lipinski definition) is 1. The van der Waals surface area contributed by atoms with E-state index in [1.165, 1.54) is 0 Å². The van der Waals surface area contributed by atoms with Crippen molar-refractivity contribution in [1.29, 1.82) is 0 Å². The van der Waals surface area contributed by atoms with Crippen molar-refractivity contribution >= 4 is 23.4 Å². The summed E-state index contributed by atoms with van der Waals surface area (Å²) in [6.07, 6.45) is 4.32. The fourth-order valence-electron chi connectivity index (χ4n) is 3.98. The Balaban J connectivity index is 1.65. The summed E-state index contributed by atoms with van der Waals surface area (Å²) in [6.45, 7) is 0.315. The van der Waals surface area contributed by atoms with Crippen LogP contribution in [0.3, 0.4) is 0 Å². The molecule has 1 saturated carbocycles. The predicted octanol–water partition coefficient (Wildman–Crippen LogP) is 4.10. The number of hydrogen-bond acceptors (Lipinski definition) is 2. The van der Waals surface area contributed by atoms with Crippen LogP contribution in [0.5, 0.6) is 0 Å². The fraction of sp³-hybridized carbons (Fsp3) is 0.333. The van der Waals surface area contributed by atoms with E-state index in [-0.39, 0.29) is 17.9 Å². The van der Waals surface area contributed by atoms with Crippen LogP contribution in [0.15, 0.2) is 48.5 Å². The highest BCUT2D eigenvalue weighted by Crippen LogP contribution is 2.36. The van der Waals surface area contributed by atoms with E-state index in [4.69, 9.17) is 11.6 Å². The third-order valence-electron chi connectivity index (χ3n) is 5.31. The van der Waals surface area contributed by atoms with Gasteiger partial charge in [-0.25, -0.2) is 0 Å². The molecule has 26 heavy (non-hydrogen) atoms. The van der Waals surface area contributed by atoms with Gasteiger partial charge in [0, 0.05) is 23.2 Å². The van der Waals surface area contributed by atoms with E-state index in [0.29, 0.717) is 17.1 Å². The molecule has 1 fully saturated rings. The van der Waals surface area contributed by atoms with Gasteiger partial charge in [-0.2, -0.15) is 0 Å². The third kappa shape index (κ3) is 3.10. The quantitative estimate of drug-likeness (QED) is 0.883. The zero-order valence-electron chi connectivity index (χ0n) is 14.5. The summed E-state index contributed by atoms with van der Waals surface area (Å²) in [5.41, 5.74) is 2.22. The number of nitrogens with zero attached hydrogens (tertiary/aromatic N) is 1. The van der Waals surface area contributed by atoms with Crippen LogP contribution in [-0.2, 0) is 11.3 Å². The van der Waals surface area contributed by atoms with Gasteiger partial charge in [0.05, 0.1) is 0 Å². The van der Waals surface area contributed by atoms with E-state index < -0.39 is 6.04 Å². The van der Waals surface area contributed by atoms with E-state index in [1.54, 1.807) is 17.0 Å². The number of nitrogens with one attached hydrogen (secondary N) is 1. The van der Waals surface area contributed by atoms with Crippen molar-refractivity contribution in [3.8, 4) is 0 Å². The number of carbonyl (C=O) groups excluding carboxylic acids is 2. The molecule has 2 amide bonds. The predicted molar refractivity (Wildman–Crippen MR) is 101 cm³/mol. The second-order valence-electron chi connectivity index (χ2n) is 7.00. The number of benzene rings is 2. The summed E-state index contributed by atoms with van der Waals surface area (Å²) in [6, 6.07) is 14.4. The van der Waals surface area contributed by atoms with Gasteiger partial charge >= 0.3 is 0 Å². The molecular formula is C21H21ClN2O2. The van der Waals surface area contributed by atoms with Crippen LogP contribution in [0.25, 0.3) is 0 Å². The first-order valence-electron chi connectivity index (χ1n) is 9.09. The smallest absolute Gasteiger partial charge is 0.255 e. The molecule has 134 valence electrons. The fourth-order valence-corrected chi connectivity index (χ4v) is 4.17. The number of carbonyl (C=O) groups is 2. The first-order valence-corrected chi connectivity index (χ1v) is 9.46. The van der Waals surface area contributed by atoms with Gasteiger partial charge in [0.1, 0.15) is 6.04 Å². The van der Waals surface area contributed by atoms with Gasteiger partial charge in [0.25, 0.3) is 5.91 Å². The van der Waals surface area contributed by atoms with Crippen molar-refractivity contribution in [3.63, 3.8) is 0 Å². The Kier molecular flexibility index (Phi) is 4.68. The minimum absolute atomic E-state index is 0.0951. The molecule has 2 aliphatic rings. The average molecular weight is 369 g/mol. The lowest BCUT2D eigenvalue weighted by Crippen LogP contribution is -2.42. The molecule has 1 heterocycles. The van der Waals surface area contributed by atoms with Crippen molar-refractivity contribution in [2.24, 2.45) is 0 Å². The highest BCUT2D eigenvalue weighted by molar-refractivity contribution is 6.31. The molecule has 0 saturated heterocycles. The lowest BCUT2D eigenvalue weighted by atomic mass is 10.0. The minimum atomic E-state index is -0.601. The molecular weight excluding hydrogens is 348 g/mol. The molecule has 1 N–H and O–H groups in total. The molecule has 1 unspecified atom stereocenters. The molecule has 4 rings (SSSR count). The van der Waals surface area contributed by atoms with Crippen LogP contribution in [0.4, 0.5) is 0 Å². The van der Waals surface area contributed by atoms with Gasteiger partial charge in [0.15, 0.2) is 0 Å². The Morgan fingerprint density at radius 1 is 1.08 bits per heavy atom. The molecule has 1 atom stereocenters. The van der Waals surface area contributed by atoms with E-state index in [0.717, 1.165) is 36.8 Å². The molecule has 5 heteroatoms. The number of amides is 2. The lowest BCUT2D eigenvalue weighted by Gasteiger charge is -2.26. The monoisotopic (exact) mass is 368 g/mol. The maximum Gasteiger partial charge on any atom is 0.255 e. The highest BCUT2D eigenvalue weighted by atomic mass is 35.5. The van der Waals surface area contributed by atoms with Crippen LogP contribution in [0.2, 0.25) is 5.02 Å². The van der Waals surface area contributed by atoms with Crippen LogP contribution in [0.1, 0.15) is 53.2 Å². The molecule has 2 aromatic carbocycles. The zero-order chi connectivity index (χ0) is 18.1. The van der Waals surface area contributed by atoms with Gasteiger partial charge in [0.2, 0.25) is 5.91 Å². The Bertz CT molecular complexity index is 845. The van der Waals surface area contributed by atoms with E-state index in [2.05, 4.69) is 5.32 Å². The number of halogens is 1. The Hall–Kier alpha value is -2.33. The minimum Gasteiger partial charge on any atom is -0.351 e. The Labute approximate surface area is 158 Å². The van der Waals surface area contributed by atoms with Crippen molar-refractivity contribution in [2.75, 3.05) is 0 Å². The lowest BCUT2D eigenvalue weighted by molar-refractivity contribution is -0.126. The maximum absolute atomic E-state index is 13.1. The first kappa shape index (κ1) is 17.1. The summed E-state index contributed by atoms with van der Waals surface area (Å²) in [7, 11) is 0. The maximum atomic E-state index is 13.1. The van der Waals surface area contributed by atoms with Gasteiger partial charge < -0.3 is 10.2 Å². The van der Waals surface area contributed by atoms with Crippen LogP contribution < -0.4 is 5.32 Å². The first-order chi connectivity index (χ1) is 12.6. The molecule has 4 nitrogen and oxygen atoms in total. The number of rotatable bonds is 4. The van der Waals surface area contributed by atoms with Crippen LogP contribution >= 0.6 is 11.6 Å². The van der Waals surface area contributed by atoms with Crippen molar-refractivity contribution in [2.45, 2.75) is 44.3 Å². The largest absolute Gasteiger partial charge is 0.351 e. The summed E-state index contributed by atoms with van der Waals surface area (Å²) in [5, 5.41) is 3.75. The number of fused-ring (bicyclic) bond motifs is 1. The molecule has 1 aliphatic heterocycles. The molecule has 0 aromatic heterocycles. The summed E-state index contributed by atoms with van der Waals surface area (Å²) < 4.78 is 0. The summed E-state index contributed by atoms with van der Waals surface area (Å²) in [4.78, 5) is 27.7. The van der Waals surface area contributed by atoms with Gasteiger partial charge in [-0.3, -0.25) is 9.59 Å². The standard InChI is InChI=1S/C21H21ClN2O2/c22-18-12-6-1-7-14(18)13-24-19(20(25)23-15-8-2-3-9-15)16-10-4-5-11-17(16)21(24)26/h1,4-7,10-12,15,19H,2-3,8-9,13H2,(H,23,25). The molecule has 0 spiro atoms. The molecule has 0 bridgehead atoms. The van der Waals surface area contributed by atoms with Crippen molar-refractivity contribution in [1.82, 2.24) is 10.2 Å². The Morgan fingerprint density at radius 2 is 1.77 bits per heavy atom. The SMILES string of the molecule is O=C(NC1CCCC1)C1c2ccccc2C(=O)N1Cc1ccccc1Cl. The normalized spacial score (nSPS) is 19.7. The Morgan fingerprint density at radius 3 is 2.54 bits per heavy atom. The van der Waals surface area contributed by atoms with Gasteiger partial charge in [-0.05, 0) is 36.1 Å². The molecule has 1 aliphatic carbocycles. The van der Waals surface area contributed by atoms with Crippen molar-refractivity contribution in [3.05, 3.63) is 70.2 Å². The average Bonchev–Trinajstić information content (AvgIpc) is 3.24. The van der Waals surface area contributed by atoms with E-state index in [9.17, 15) is 9.59 Å². The molecule has 0 radical (unpaired) electrons. The van der Waals surface area contributed by atoms with Gasteiger partial charge in [-0.15, -0.1) is 0 Å².